The van der Waals surface area contributed by atoms with Crippen LogP contribution in [0.1, 0.15) is 11.1 Å². The van der Waals surface area contributed by atoms with Gasteiger partial charge in [-0.3, -0.25) is 0 Å². The van der Waals surface area contributed by atoms with Crippen LogP contribution in [0.4, 0.5) is 4.39 Å². The minimum absolute atomic E-state index is 0.170. The Morgan fingerprint density at radius 1 is 0.966 bits per heavy atom. The van der Waals surface area contributed by atoms with E-state index in [1.54, 1.807) is 0 Å². The molecule has 6 rings (SSSR count). The number of fused-ring (bicyclic) bond motifs is 5. The molecule has 0 bridgehead atoms. The highest BCUT2D eigenvalue weighted by atomic mass is 19.1. The van der Waals surface area contributed by atoms with Gasteiger partial charge in [0, 0.05) is 16.5 Å². The third-order valence-electron chi connectivity index (χ3n) is 5.34. The quantitative estimate of drug-likeness (QED) is 0.438. The lowest BCUT2D eigenvalue weighted by molar-refractivity contribution is -0.0173. The standard InChI is InChI=1S/C23H16FN3O2/c24-16-9-14(22-15(10-16)12-28-13-29-22)11-27-20-8-4-1-5-17(20)21-23(27)26-19-7-3-2-6-18(19)25-21/h1-10H,11-13H2. The highest BCUT2D eigenvalue weighted by Crippen LogP contribution is 2.33. The van der Waals surface area contributed by atoms with Gasteiger partial charge in [-0.25, -0.2) is 14.4 Å². The lowest BCUT2D eigenvalue weighted by Crippen LogP contribution is -2.15. The van der Waals surface area contributed by atoms with E-state index in [1.165, 1.54) is 12.1 Å². The molecule has 0 saturated carbocycles. The van der Waals surface area contributed by atoms with E-state index < -0.39 is 0 Å². The van der Waals surface area contributed by atoms with Gasteiger partial charge in [-0.1, -0.05) is 30.3 Å². The fourth-order valence-electron chi connectivity index (χ4n) is 4.09. The van der Waals surface area contributed by atoms with Crippen molar-refractivity contribution in [2.45, 2.75) is 13.2 Å². The van der Waals surface area contributed by atoms with Gasteiger partial charge in [-0.05, 0) is 30.3 Å². The number of ether oxygens (including phenoxy) is 2. The van der Waals surface area contributed by atoms with Gasteiger partial charge in [0.05, 0.1) is 29.7 Å². The molecule has 2 aromatic heterocycles. The predicted molar refractivity (Wildman–Crippen MR) is 108 cm³/mol. The van der Waals surface area contributed by atoms with Crippen molar-refractivity contribution >= 4 is 33.1 Å². The van der Waals surface area contributed by atoms with Gasteiger partial charge >= 0.3 is 0 Å². The maximum atomic E-state index is 14.3. The zero-order chi connectivity index (χ0) is 19.4. The molecule has 1 aliphatic heterocycles. The van der Waals surface area contributed by atoms with E-state index in [0.29, 0.717) is 18.9 Å². The molecular formula is C23H16FN3O2. The van der Waals surface area contributed by atoms with E-state index in [9.17, 15) is 4.39 Å². The first-order chi connectivity index (χ1) is 14.3. The summed E-state index contributed by atoms with van der Waals surface area (Å²) in [6, 6.07) is 18.9. The highest BCUT2D eigenvalue weighted by Gasteiger charge is 2.20. The van der Waals surface area contributed by atoms with E-state index in [4.69, 9.17) is 19.4 Å². The summed E-state index contributed by atoms with van der Waals surface area (Å²) in [6.07, 6.45) is 0. The molecule has 0 fully saturated rings. The van der Waals surface area contributed by atoms with E-state index in [-0.39, 0.29) is 12.6 Å². The average molecular weight is 385 g/mol. The Labute approximate surface area is 165 Å². The summed E-state index contributed by atoms with van der Waals surface area (Å²) in [5.74, 6) is 0.391. The molecule has 0 saturated heterocycles. The lowest BCUT2D eigenvalue weighted by atomic mass is 10.1. The first-order valence-electron chi connectivity index (χ1n) is 9.43. The zero-order valence-electron chi connectivity index (χ0n) is 15.4. The molecule has 6 heteroatoms. The Balaban J connectivity index is 1.63. The van der Waals surface area contributed by atoms with Crippen LogP contribution >= 0.6 is 0 Å². The van der Waals surface area contributed by atoms with E-state index in [1.807, 2.05) is 48.5 Å². The Morgan fingerprint density at radius 2 is 1.76 bits per heavy atom. The number of para-hydroxylation sites is 3. The number of nitrogens with zero attached hydrogens (tertiary/aromatic N) is 3. The number of halogens is 1. The summed E-state index contributed by atoms with van der Waals surface area (Å²) in [7, 11) is 0. The predicted octanol–water partition coefficient (Wildman–Crippen LogP) is 4.79. The van der Waals surface area contributed by atoms with Crippen molar-refractivity contribution in [2.75, 3.05) is 6.79 Å². The van der Waals surface area contributed by atoms with Gasteiger partial charge in [0.25, 0.3) is 0 Å². The van der Waals surface area contributed by atoms with Crippen molar-refractivity contribution < 1.29 is 13.9 Å². The normalized spacial score (nSPS) is 13.7. The summed E-state index contributed by atoms with van der Waals surface area (Å²) in [4.78, 5) is 9.75. The third kappa shape index (κ3) is 2.57. The van der Waals surface area contributed by atoms with Crippen LogP contribution in [0.25, 0.3) is 33.1 Å². The van der Waals surface area contributed by atoms with Crippen LogP contribution in [0.3, 0.4) is 0 Å². The number of benzene rings is 3. The number of hydrogen-bond donors (Lipinski definition) is 0. The summed E-state index contributed by atoms with van der Waals surface area (Å²) < 4.78 is 27.4. The number of hydrogen-bond acceptors (Lipinski definition) is 4. The minimum atomic E-state index is -0.301. The van der Waals surface area contributed by atoms with Crippen LogP contribution < -0.4 is 4.74 Å². The summed E-state index contributed by atoms with van der Waals surface area (Å²) in [5.41, 5.74) is 5.79. The Kier molecular flexibility index (Phi) is 3.55. The van der Waals surface area contributed by atoms with Crippen molar-refractivity contribution in [2.24, 2.45) is 0 Å². The molecule has 0 aliphatic carbocycles. The maximum absolute atomic E-state index is 14.3. The zero-order valence-corrected chi connectivity index (χ0v) is 15.4. The SMILES string of the molecule is Fc1cc2c(c(Cn3c4ccccc4c4nc5ccccc5nc43)c1)OCOC2. The Bertz CT molecular complexity index is 1410. The van der Waals surface area contributed by atoms with Gasteiger partial charge in [0.2, 0.25) is 0 Å². The highest BCUT2D eigenvalue weighted by molar-refractivity contribution is 6.06. The number of rotatable bonds is 2. The minimum Gasteiger partial charge on any atom is -0.467 e. The Morgan fingerprint density at radius 3 is 2.66 bits per heavy atom. The molecule has 0 spiro atoms. The van der Waals surface area contributed by atoms with Gasteiger partial charge < -0.3 is 14.0 Å². The number of aromatic nitrogens is 3. The monoisotopic (exact) mass is 385 g/mol. The molecule has 0 radical (unpaired) electrons. The molecule has 0 unspecified atom stereocenters. The molecule has 5 nitrogen and oxygen atoms in total. The van der Waals surface area contributed by atoms with E-state index in [2.05, 4.69) is 4.57 Å². The van der Waals surface area contributed by atoms with Crippen LogP contribution in [-0.4, -0.2) is 21.3 Å². The van der Waals surface area contributed by atoms with Crippen LogP contribution in [-0.2, 0) is 17.9 Å². The van der Waals surface area contributed by atoms with Crippen molar-refractivity contribution in [3.8, 4) is 5.75 Å². The molecular weight excluding hydrogens is 369 g/mol. The molecule has 3 aromatic carbocycles. The summed E-state index contributed by atoms with van der Waals surface area (Å²) >= 11 is 0. The molecule has 1 aliphatic rings. The van der Waals surface area contributed by atoms with Crippen molar-refractivity contribution in [1.29, 1.82) is 0 Å². The lowest BCUT2D eigenvalue weighted by Gasteiger charge is -2.21. The van der Waals surface area contributed by atoms with Gasteiger partial charge in [0.1, 0.15) is 17.1 Å². The largest absolute Gasteiger partial charge is 0.467 e. The van der Waals surface area contributed by atoms with Crippen molar-refractivity contribution in [3.05, 3.63) is 77.6 Å². The van der Waals surface area contributed by atoms with E-state index in [0.717, 1.165) is 44.2 Å². The molecule has 5 aromatic rings. The Hall–Kier alpha value is -3.51. The van der Waals surface area contributed by atoms with Crippen molar-refractivity contribution in [1.82, 2.24) is 14.5 Å². The molecule has 0 N–H and O–H groups in total. The van der Waals surface area contributed by atoms with Gasteiger partial charge in [0.15, 0.2) is 12.4 Å². The first-order valence-corrected chi connectivity index (χ1v) is 9.43. The second kappa shape index (κ2) is 6.25. The van der Waals surface area contributed by atoms with Crippen LogP contribution in [0.2, 0.25) is 0 Å². The summed E-state index contributed by atoms with van der Waals surface area (Å²) in [5, 5.41) is 1.02. The second-order valence-electron chi connectivity index (χ2n) is 7.15. The van der Waals surface area contributed by atoms with Crippen LogP contribution in [0.5, 0.6) is 5.75 Å². The second-order valence-corrected chi connectivity index (χ2v) is 7.15. The first kappa shape index (κ1) is 16.4. The molecule has 142 valence electrons. The van der Waals surface area contributed by atoms with Crippen LogP contribution in [0.15, 0.2) is 60.7 Å². The smallest absolute Gasteiger partial charge is 0.189 e. The topological polar surface area (TPSA) is 49.2 Å². The fraction of sp³-hybridized carbons (Fsp3) is 0.130. The molecule has 0 amide bonds. The fourth-order valence-corrected chi connectivity index (χ4v) is 4.09. The summed E-state index contributed by atoms with van der Waals surface area (Å²) in [6.45, 7) is 0.943. The van der Waals surface area contributed by atoms with Gasteiger partial charge in [-0.15, -0.1) is 0 Å². The molecule has 3 heterocycles. The molecule has 29 heavy (non-hydrogen) atoms. The van der Waals surface area contributed by atoms with Crippen LogP contribution in [0, 0.1) is 5.82 Å². The third-order valence-corrected chi connectivity index (χ3v) is 5.34. The molecule has 0 atom stereocenters. The average Bonchev–Trinajstić information content (AvgIpc) is 3.05. The van der Waals surface area contributed by atoms with Gasteiger partial charge in [-0.2, -0.15) is 0 Å². The van der Waals surface area contributed by atoms with E-state index >= 15 is 0 Å². The van der Waals surface area contributed by atoms with Crippen molar-refractivity contribution in [3.63, 3.8) is 0 Å². The maximum Gasteiger partial charge on any atom is 0.189 e.